The predicted molar refractivity (Wildman–Crippen MR) is 75.3 cm³/mol. The van der Waals surface area contributed by atoms with Crippen LogP contribution in [-0.2, 0) is 9.84 Å². The predicted octanol–water partition coefficient (Wildman–Crippen LogP) is 2.00. The summed E-state index contributed by atoms with van der Waals surface area (Å²) < 4.78 is 28.4. The van der Waals surface area contributed by atoms with Gasteiger partial charge in [0.05, 0.1) is 4.90 Å². The number of rotatable bonds is 6. The Balaban J connectivity index is 1.79. The zero-order valence-corrected chi connectivity index (χ0v) is 12.1. The summed E-state index contributed by atoms with van der Waals surface area (Å²) in [6.45, 7) is 1.36. The highest BCUT2D eigenvalue weighted by molar-refractivity contribution is 7.90. The Hall–Kier alpha value is -1.07. The molecule has 5 heteroatoms. The molecule has 1 N–H and O–H groups in total. The van der Waals surface area contributed by atoms with E-state index in [1.54, 1.807) is 24.3 Å². The van der Waals surface area contributed by atoms with Gasteiger partial charge in [-0.1, -0.05) is 18.9 Å². The first-order chi connectivity index (χ1) is 9.05. The summed E-state index contributed by atoms with van der Waals surface area (Å²) in [5, 5.41) is 3.45. The largest absolute Gasteiger partial charge is 0.492 e. The van der Waals surface area contributed by atoms with Crippen LogP contribution in [0.4, 0.5) is 0 Å². The first-order valence-electron chi connectivity index (χ1n) is 6.72. The van der Waals surface area contributed by atoms with E-state index in [0.29, 0.717) is 23.3 Å². The molecule has 0 bridgehead atoms. The Morgan fingerprint density at radius 2 is 2.05 bits per heavy atom. The number of ether oxygens (including phenoxy) is 1. The summed E-state index contributed by atoms with van der Waals surface area (Å²) in [4.78, 5) is 0.300. The quantitative estimate of drug-likeness (QED) is 0.811. The van der Waals surface area contributed by atoms with Gasteiger partial charge in [-0.3, -0.25) is 0 Å². The molecule has 0 unspecified atom stereocenters. The second kappa shape index (κ2) is 6.39. The fraction of sp³-hybridized carbons (Fsp3) is 0.571. The van der Waals surface area contributed by atoms with E-state index in [9.17, 15) is 8.42 Å². The zero-order valence-electron chi connectivity index (χ0n) is 11.3. The van der Waals surface area contributed by atoms with Gasteiger partial charge >= 0.3 is 0 Å². The van der Waals surface area contributed by atoms with Gasteiger partial charge in [0.1, 0.15) is 12.4 Å². The van der Waals surface area contributed by atoms with Crippen LogP contribution in [0.15, 0.2) is 29.2 Å². The van der Waals surface area contributed by atoms with Crippen molar-refractivity contribution in [2.45, 2.75) is 36.6 Å². The van der Waals surface area contributed by atoms with Gasteiger partial charge in [-0.25, -0.2) is 8.42 Å². The SMILES string of the molecule is CS(=O)(=O)c1cccc(OCCNC2CCCC2)c1. The molecule has 0 heterocycles. The third-order valence-electron chi connectivity index (χ3n) is 3.39. The Morgan fingerprint density at radius 1 is 1.32 bits per heavy atom. The van der Waals surface area contributed by atoms with Crippen LogP contribution in [0.5, 0.6) is 5.75 Å². The van der Waals surface area contributed by atoms with Gasteiger partial charge in [0, 0.05) is 18.8 Å². The number of nitrogens with one attached hydrogen (secondary N) is 1. The summed E-state index contributed by atoms with van der Waals surface area (Å²) in [7, 11) is -3.16. The van der Waals surface area contributed by atoms with Crippen molar-refractivity contribution in [3.05, 3.63) is 24.3 Å². The molecule has 106 valence electrons. The smallest absolute Gasteiger partial charge is 0.175 e. The van der Waals surface area contributed by atoms with Gasteiger partial charge in [0.25, 0.3) is 0 Å². The Labute approximate surface area is 115 Å². The van der Waals surface area contributed by atoms with E-state index in [4.69, 9.17) is 4.74 Å². The van der Waals surface area contributed by atoms with Gasteiger partial charge < -0.3 is 10.1 Å². The highest BCUT2D eigenvalue weighted by Gasteiger charge is 2.13. The molecule has 0 atom stereocenters. The molecule has 1 saturated carbocycles. The van der Waals surface area contributed by atoms with Crippen LogP contribution in [-0.4, -0.2) is 33.9 Å². The molecule has 4 nitrogen and oxygen atoms in total. The van der Waals surface area contributed by atoms with Crippen LogP contribution < -0.4 is 10.1 Å². The molecule has 0 saturated heterocycles. The minimum absolute atomic E-state index is 0.300. The lowest BCUT2D eigenvalue weighted by molar-refractivity contribution is 0.304. The molecule has 1 aromatic rings. The molecule has 1 fully saturated rings. The van der Waals surface area contributed by atoms with Crippen molar-refractivity contribution in [1.29, 1.82) is 0 Å². The van der Waals surface area contributed by atoms with Crippen molar-refractivity contribution in [1.82, 2.24) is 5.32 Å². The molecule has 2 rings (SSSR count). The van der Waals surface area contributed by atoms with Crippen molar-refractivity contribution in [2.24, 2.45) is 0 Å². The van der Waals surface area contributed by atoms with Crippen LogP contribution in [0.3, 0.4) is 0 Å². The molecule has 1 aliphatic carbocycles. The molecule has 1 aromatic carbocycles. The summed E-state index contributed by atoms with van der Waals surface area (Å²) in [5.41, 5.74) is 0. The third kappa shape index (κ3) is 4.51. The average molecular weight is 283 g/mol. The van der Waals surface area contributed by atoms with Gasteiger partial charge in [0.2, 0.25) is 0 Å². The third-order valence-corrected chi connectivity index (χ3v) is 4.50. The van der Waals surface area contributed by atoms with Crippen LogP contribution >= 0.6 is 0 Å². The Morgan fingerprint density at radius 3 is 2.74 bits per heavy atom. The van der Waals surface area contributed by atoms with Gasteiger partial charge in [-0.05, 0) is 31.0 Å². The van der Waals surface area contributed by atoms with Gasteiger partial charge in [-0.15, -0.1) is 0 Å². The maximum absolute atomic E-state index is 11.4. The first-order valence-corrected chi connectivity index (χ1v) is 8.61. The molecular weight excluding hydrogens is 262 g/mol. The molecule has 0 radical (unpaired) electrons. The van der Waals surface area contributed by atoms with Crippen molar-refractivity contribution < 1.29 is 13.2 Å². The lowest BCUT2D eigenvalue weighted by atomic mass is 10.2. The Kier molecular flexibility index (Phi) is 4.82. The van der Waals surface area contributed by atoms with E-state index in [2.05, 4.69) is 5.32 Å². The number of hydrogen-bond donors (Lipinski definition) is 1. The lowest BCUT2D eigenvalue weighted by Crippen LogP contribution is -2.30. The summed E-state index contributed by atoms with van der Waals surface area (Å²) in [6, 6.07) is 7.27. The average Bonchev–Trinajstić information content (AvgIpc) is 2.87. The van der Waals surface area contributed by atoms with E-state index in [0.717, 1.165) is 6.54 Å². The van der Waals surface area contributed by atoms with E-state index in [1.165, 1.54) is 31.9 Å². The zero-order chi connectivity index (χ0) is 13.7. The number of hydrogen-bond acceptors (Lipinski definition) is 4. The highest BCUT2D eigenvalue weighted by atomic mass is 32.2. The normalized spacial score (nSPS) is 16.7. The van der Waals surface area contributed by atoms with Crippen molar-refractivity contribution >= 4 is 9.84 Å². The van der Waals surface area contributed by atoms with Crippen LogP contribution in [0.1, 0.15) is 25.7 Å². The van der Waals surface area contributed by atoms with Crippen molar-refractivity contribution in [3.8, 4) is 5.75 Å². The van der Waals surface area contributed by atoms with E-state index >= 15 is 0 Å². The standard InChI is InChI=1S/C14H21NO3S/c1-19(16,17)14-8-4-7-13(11-14)18-10-9-15-12-5-2-3-6-12/h4,7-8,11-12,15H,2-3,5-6,9-10H2,1H3. The monoisotopic (exact) mass is 283 g/mol. The first kappa shape index (κ1) is 14.3. The summed E-state index contributed by atoms with van der Waals surface area (Å²) >= 11 is 0. The molecule has 0 amide bonds. The maximum Gasteiger partial charge on any atom is 0.175 e. The minimum Gasteiger partial charge on any atom is -0.492 e. The minimum atomic E-state index is -3.16. The molecule has 0 aliphatic heterocycles. The molecule has 1 aliphatic rings. The molecule has 19 heavy (non-hydrogen) atoms. The summed E-state index contributed by atoms with van der Waals surface area (Å²) in [5.74, 6) is 0.608. The van der Waals surface area contributed by atoms with Gasteiger partial charge in [0.15, 0.2) is 9.84 Å². The number of sulfone groups is 1. The van der Waals surface area contributed by atoms with E-state index in [-0.39, 0.29) is 0 Å². The highest BCUT2D eigenvalue weighted by Crippen LogP contribution is 2.18. The van der Waals surface area contributed by atoms with E-state index < -0.39 is 9.84 Å². The maximum atomic E-state index is 11.4. The number of benzene rings is 1. The second-order valence-corrected chi connectivity index (χ2v) is 7.05. The molecule has 0 aromatic heterocycles. The van der Waals surface area contributed by atoms with Crippen LogP contribution in [0.25, 0.3) is 0 Å². The Bertz CT molecular complexity index is 507. The second-order valence-electron chi connectivity index (χ2n) is 5.03. The topological polar surface area (TPSA) is 55.4 Å². The fourth-order valence-corrected chi connectivity index (χ4v) is 3.01. The fourth-order valence-electron chi connectivity index (χ4n) is 2.36. The van der Waals surface area contributed by atoms with Gasteiger partial charge in [-0.2, -0.15) is 0 Å². The van der Waals surface area contributed by atoms with E-state index in [1.807, 2.05) is 0 Å². The summed E-state index contributed by atoms with van der Waals surface area (Å²) in [6.07, 6.45) is 6.34. The molecule has 0 spiro atoms. The van der Waals surface area contributed by atoms with Crippen LogP contribution in [0.2, 0.25) is 0 Å². The van der Waals surface area contributed by atoms with Crippen molar-refractivity contribution in [3.63, 3.8) is 0 Å². The van der Waals surface area contributed by atoms with Crippen molar-refractivity contribution in [2.75, 3.05) is 19.4 Å². The molecular formula is C14H21NO3S. The van der Waals surface area contributed by atoms with Crippen LogP contribution in [0, 0.1) is 0 Å². The lowest BCUT2D eigenvalue weighted by Gasteiger charge is -2.12.